The van der Waals surface area contributed by atoms with Gasteiger partial charge in [-0.15, -0.1) is 0 Å². The zero-order valence-electron chi connectivity index (χ0n) is 44.5. The number of hydrogen-bond donors (Lipinski definition) is 0. The summed E-state index contributed by atoms with van der Waals surface area (Å²) in [6.45, 7) is 52.3. The first-order valence-corrected chi connectivity index (χ1v) is 24.9. The molecule has 0 radical (unpaired) electrons. The van der Waals surface area contributed by atoms with Crippen molar-refractivity contribution in [3.05, 3.63) is 35.9 Å². The van der Waals surface area contributed by atoms with E-state index >= 15 is 0 Å². The quantitative estimate of drug-likeness (QED) is 0.196. The molecule has 1 aromatic carbocycles. The van der Waals surface area contributed by atoms with Crippen molar-refractivity contribution in [1.29, 1.82) is 0 Å². The molecule has 0 nitrogen and oxygen atoms in total. The smallest absolute Gasteiger partial charge is 0.0398 e. The maximum Gasteiger partial charge on any atom is -0.0398 e. The van der Waals surface area contributed by atoms with Crippen molar-refractivity contribution in [3.63, 3.8) is 0 Å². The summed E-state index contributed by atoms with van der Waals surface area (Å²) in [7, 11) is 0. The van der Waals surface area contributed by atoms with Gasteiger partial charge in [0, 0.05) is 0 Å². The molecule has 0 N–H and O–H groups in total. The van der Waals surface area contributed by atoms with Crippen molar-refractivity contribution in [2.75, 3.05) is 0 Å². The molecule has 0 aliphatic heterocycles. The predicted octanol–water partition coefficient (Wildman–Crippen LogP) is 23.0. The number of hydrogen-bond acceptors (Lipinski definition) is 0. The van der Waals surface area contributed by atoms with Crippen LogP contribution in [0, 0.1) is 30.1 Å². The van der Waals surface area contributed by atoms with Gasteiger partial charge in [-0.2, -0.15) is 0 Å². The third-order valence-corrected chi connectivity index (χ3v) is 7.02. The van der Waals surface area contributed by atoms with Crippen LogP contribution in [0.1, 0.15) is 307 Å². The van der Waals surface area contributed by atoms with E-state index in [9.17, 15) is 0 Å². The van der Waals surface area contributed by atoms with E-state index in [-0.39, 0.29) is 7.43 Å². The maximum atomic E-state index is 2.36. The van der Waals surface area contributed by atoms with E-state index in [2.05, 4.69) is 164 Å². The Kier molecular flexibility index (Phi) is 117. The molecule has 350 valence electrons. The number of unbranched alkanes of at least 4 members (excludes halogenated alkanes) is 10. The monoisotopic (exact) mass is 799 g/mol. The highest BCUT2D eigenvalue weighted by Crippen LogP contribution is 2.22. The molecule has 1 aliphatic carbocycles. The fourth-order valence-corrected chi connectivity index (χ4v) is 3.37. The summed E-state index contributed by atoms with van der Waals surface area (Å²) in [4.78, 5) is 0. The molecule has 0 saturated heterocycles. The Balaban J connectivity index is -0.0000000526. The third kappa shape index (κ3) is 196. The molecule has 0 unspecified atom stereocenters. The van der Waals surface area contributed by atoms with Crippen LogP contribution < -0.4 is 0 Å². The molecule has 0 heteroatoms. The minimum Gasteiger partial charge on any atom is -0.0776 e. The van der Waals surface area contributed by atoms with E-state index < -0.39 is 0 Å². The van der Waals surface area contributed by atoms with Crippen LogP contribution in [0.2, 0.25) is 0 Å². The summed E-state index contributed by atoms with van der Waals surface area (Å²) in [5, 5.41) is 0. The van der Waals surface area contributed by atoms with Gasteiger partial charge in [0.1, 0.15) is 0 Å². The lowest BCUT2D eigenvalue weighted by molar-refractivity contribution is 0.385. The Hall–Kier alpha value is -0.780. The third-order valence-electron chi connectivity index (χ3n) is 7.02. The summed E-state index contributed by atoms with van der Waals surface area (Å²) in [6, 6.07) is 10.3. The lowest BCUT2D eigenvalue weighted by Crippen LogP contribution is -1.99. The number of benzene rings is 1. The van der Waals surface area contributed by atoms with Crippen molar-refractivity contribution in [3.8, 4) is 0 Å². The van der Waals surface area contributed by atoms with E-state index in [0.717, 1.165) is 17.8 Å². The Morgan fingerprint density at radius 1 is 0.500 bits per heavy atom. The Bertz CT molecular complexity index is 563. The number of rotatable bonds is 11. The summed E-state index contributed by atoms with van der Waals surface area (Å²) in [5.74, 6) is 2.75. The highest BCUT2D eigenvalue weighted by atomic mass is 14.1. The second-order valence-electron chi connectivity index (χ2n) is 17.8. The highest BCUT2D eigenvalue weighted by Gasteiger charge is 2.06. The molecular formula is C56H126. The van der Waals surface area contributed by atoms with Gasteiger partial charge >= 0.3 is 0 Å². The van der Waals surface area contributed by atoms with Crippen LogP contribution in [0.4, 0.5) is 0 Å². The number of aryl methyl sites for hydroxylation is 1. The molecule has 1 aromatic rings. The van der Waals surface area contributed by atoms with E-state index in [1.54, 1.807) is 0 Å². The standard InChI is InChI=1S/C7H14.C7H8.C7H16.C6H14.3C5H12.2C4H10.C3H8.C2H6.CH4/c2*1-7-5-3-2-4-6-7;1-3-5-7-6-4-2;1-3-5-6-4-2;1-5(2,3)4;1-4-5(2)3;1-3-5-4-2;1-4(2)3;1-3-4-2;1-3-2;1-2;/h7H,2-6H2,1H3;2-6H,1H3;3-7H2,1-2H3;3-6H2,1-2H3;1-4H3;5H,4H2,1-3H3;3-5H2,1-2H3;4H,1-3H3;3-4H2,1-2H3;3H2,1-2H3;1-2H3;1H4. The fraction of sp³-hybridized carbons (Fsp3) is 0.893. The topological polar surface area (TPSA) is 0 Å². The molecule has 2 rings (SSSR count). The van der Waals surface area contributed by atoms with E-state index in [4.69, 9.17) is 0 Å². The molecule has 56 heavy (non-hydrogen) atoms. The van der Waals surface area contributed by atoms with Crippen molar-refractivity contribution in [1.82, 2.24) is 0 Å². The van der Waals surface area contributed by atoms with Crippen LogP contribution in [0.15, 0.2) is 30.3 Å². The average molecular weight is 800 g/mol. The predicted molar refractivity (Wildman–Crippen MR) is 278 cm³/mol. The van der Waals surface area contributed by atoms with Gasteiger partial charge in [0.25, 0.3) is 0 Å². The molecule has 1 aliphatic rings. The van der Waals surface area contributed by atoms with E-state index in [1.807, 2.05) is 32.0 Å². The van der Waals surface area contributed by atoms with Crippen LogP contribution in [0.25, 0.3) is 0 Å². The van der Waals surface area contributed by atoms with Crippen molar-refractivity contribution in [2.24, 2.45) is 23.2 Å². The SMILES string of the molecule is C.CC.CC(C)(C)C.CC(C)C.CC1CCCCC1.CCC.CCC(C)C.CCCC.CCCCC.CCCCCC.CCCCCCC.Cc1ccccc1. The van der Waals surface area contributed by atoms with Gasteiger partial charge in [-0.05, 0) is 30.1 Å². The van der Waals surface area contributed by atoms with Crippen LogP contribution >= 0.6 is 0 Å². The Morgan fingerprint density at radius 2 is 0.750 bits per heavy atom. The molecule has 1 saturated carbocycles. The van der Waals surface area contributed by atoms with Crippen molar-refractivity contribution in [2.45, 2.75) is 308 Å². The lowest BCUT2D eigenvalue weighted by atomic mass is 9.91. The van der Waals surface area contributed by atoms with Gasteiger partial charge in [0.2, 0.25) is 0 Å². The Morgan fingerprint density at radius 3 is 0.875 bits per heavy atom. The van der Waals surface area contributed by atoms with Crippen LogP contribution in [0.3, 0.4) is 0 Å². The van der Waals surface area contributed by atoms with Crippen LogP contribution in [0.5, 0.6) is 0 Å². The van der Waals surface area contributed by atoms with Crippen LogP contribution in [-0.4, -0.2) is 0 Å². The van der Waals surface area contributed by atoms with Crippen molar-refractivity contribution >= 4 is 0 Å². The first kappa shape index (κ1) is 79.4. The lowest BCUT2D eigenvalue weighted by Gasteiger charge is -2.15. The van der Waals surface area contributed by atoms with Gasteiger partial charge in [-0.3, -0.25) is 0 Å². The minimum atomic E-state index is 0. The average Bonchev–Trinajstić information content (AvgIpc) is 3.14. The molecule has 0 spiro atoms. The summed E-state index contributed by atoms with van der Waals surface area (Å²) >= 11 is 0. The second-order valence-corrected chi connectivity index (χ2v) is 17.8. The van der Waals surface area contributed by atoms with Gasteiger partial charge in [0.15, 0.2) is 0 Å². The molecule has 0 heterocycles. The highest BCUT2D eigenvalue weighted by molar-refractivity contribution is 5.11. The van der Waals surface area contributed by atoms with Crippen molar-refractivity contribution < 1.29 is 0 Å². The van der Waals surface area contributed by atoms with E-state index in [0.29, 0.717) is 5.41 Å². The van der Waals surface area contributed by atoms with Gasteiger partial charge in [-0.25, -0.2) is 0 Å². The molecule has 0 amide bonds. The summed E-state index contributed by atoms with van der Waals surface area (Å²) < 4.78 is 0. The second kappa shape index (κ2) is 82.2. The zero-order chi connectivity index (χ0) is 45.2. The largest absolute Gasteiger partial charge is 0.0776 e. The Labute approximate surface area is 366 Å². The normalized spacial score (nSPS) is 10.7. The van der Waals surface area contributed by atoms with E-state index in [1.165, 1.54) is 140 Å². The molecule has 0 aromatic heterocycles. The fourth-order valence-electron chi connectivity index (χ4n) is 3.37. The van der Waals surface area contributed by atoms with Gasteiger partial charge < -0.3 is 0 Å². The van der Waals surface area contributed by atoms with Crippen LogP contribution in [-0.2, 0) is 0 Å². The molecule has 0 atom stereocenters. The minimum absolute atomic E-state index is 0. The molecule has 0 bridgehead atoms. The first-order valence-electron chi connectivity index (χ1n) is 24.9. The molecule has 1 fully saturated rings. The van der Waals surface area contributed by atoms with Gasteiger partial charge in [-0.1, -0.05) is 337 Å². The summed E-state index contributed by atoms with van der Waals surface area (Å²) in [5.41, 5.74) is 1.82. The first-order chi connectivity index (χ1) is 25.9. The zero-order valence-corrected chi connectivity index (χ0v) is 44.5. The summed E-state index contributed by atoms with van der Waals surface area (Å²) in [6.07, 6.45) is 29.3. The van der Waals surface area contributed by atoms with Gasteiger partial charge in [0.05, 0.1) is 0 Å². The molecular weight excluding hydrogens is 673 g/mol. The maximum absolute atomic E-state index is 2.36.